The molecular formula is C18H26F3N3O2S. The first-order chi connectivity index (χ1) is 12.6. The van der Waals surface area contributed by atoms with Crippen molar-refractivity contribution in [3.05, 3.63) is 17.5 Å². The third-order valence-electron chi connectivity index (χ3n) is 6.75. The number of rotatable bonds is 2. The summed E-state index contributed by atoms with van der Waals surface area (Å²) in [5.41, 5.74) is -0.105. The highest BCUT2D eigenvalue weighted by Gasteiger charge is 2.50. The van der Waals surface area contributed by atoms with Crippen LogP contribution in [0.25, 0.3) is 0 Å². The maximum atomic E-state index is 12.9. The van der Waals surface area contributed by atoms with Gasteiger partial charge in [-0.15, -0.1) is 0 Å². The van der Waals surface area contributed by atoms with E-state index in [4.69, 9.17) is 0 Å². The highest BCUT2D eigenvalue weighted by atomic mass is 32.2. The van der Waals surface area contributed by atoms with E-state index in [1.165, 1.54) is 10.7 Å². The average molecular weight is 405 g/mol. The first-order valence-electron chi connectivity index (χ1n) is 9.63. The van der Waals surface area contributed by atoms with Crippen LogP contribution in [0.2, 0.25) is 0 Å². The van der Waals surface area contributed by atoms with Gasteiger partial charge in [-0.3, -0.25) is 4.68 Å². The van der Waals surface area contributed by atoms with Crippen molar-refractivity contribution in [3.8, 4) is 0 Å². The molecule has 0 amide bonds. The van der Waals surface area contributed by atoms with Crippen LogP contribution in [0.3, 0.4) is 0 Å². The van der Waals surface area contributed by atoms with Gasteiger partial charge in [0, 0.05) is 30.1 Å². The van der Waals surface area contributed by atoms with Crippen LogP contribution in [-0.2, 0) is 23.1 Å². The zero-order chi connectivity index (χ0) is 19.4. The first kappa shape index (κ1) is 19.2. The van der Waals surface area contributed by atoms with E-state index in [1.54, 1.807) is 7.05 Å². The summed E-state index contributed by atoms with van der Waals surface area (Å²) in [6.45, 7) is 1.88. The van der Waals surface area contributed by atoms with E-state index in [-0.39, 0.29) is 11.3 Å². The molecule has 2 aliphatic heterocycles. The summed E-state index contributed by atoms with van der Waals surface area (Å²) in [4.78, 5) is 2.47. The van der Waals surface area contributed by atoms with Gasteiger partial charge in [0.05, 0.1) is 11.5 Å². The van der Waals surface area contributed by atoms with Crippen molar-refractivity contribution in [2.24, 2.45) is 12.5 Å². The summed E-state index contributed by atoms with van der Waals surface area (Å²) >= 11 is 0. The molecule has 3 fully saturated rings. The fourth-order valence-electron chi connectivity index (χ4n) is 5.28. The molecule has 4 rings (SSSR count). The van der Waals surface area contributed by atoms with Gasteiger partial charge in [0.1, 0.15) is 0 Å². The lowest BCUT2D eigenvalue weighted by Crippen LogP contribution is -2.56. The lowest BCUT2D eigenvalue weighted by molar-refractivity contribution is -0.141. The Hall–Kier alpha value is -1.09. The van der Waals surface area contributed by atoms with E-state index in [0.29, 0.717) is 23.2 Å². The first-order valence-corrected chi connectivity index (χ1v) is 11.4. The van der Waals surface area contributed by atoms with Gasteiger partial charge in [0.2, 0.25) is 0 Å². The van der Waals surface area contributed by atoms with Crippen LogP contribution in [0.1, 0.15) is 55.8 Å². The van der Waals surface area contributed by atoms with Crippen LogP contribution in [0.15, 0.2) is 6.07 Å². The Balaban J connectivity index is 1.32. The smallest absolute Gasteiger partial charge is 0.300 e. The van der Waals surface area contributed by atoms with Crippen molar-refractivity contribution in [1.82, 2.24) is 14.7 Å². The zero-order valence-corrected chi connectivity index (χ0v) is 16.3. The molecule has 3 aliphatic rings. The van der Waals surface area contributed by atoms with Gasteiger partial charge in [-0.2, -0.15) is 18.3 Å². The third kappa shape index (κ3) is 3.77. The third-order valence-corrected chi connectivity index (χ3v) is 8.85. The second-order valence-corrected chi connectivity index (χ2v) is 10.7. The van der Waals surface area contributed by atoms with E-state index in [9.17, 15) is 21.6 Å². The summed E-state index contributed by atoms with van der Waals surface area (Å²) < 4.78 is 63.0. The van der Waals surface area contributed by atoms with E-state index in [0.717, 1.165) is 51.6 Å². The van der Waals surface area contributed by atoms with E-state index >= 15 is 0 Å². The average Bonchev–Trinajstić information content (AvgIpc) is 2.96. The van der Waals surface area contributed by atoms with Gasteiger partial charge in [0.15, 0.2) is 15.5 Å². The number of piperidine rings is 1. The molecule has 9 heteroatoms. The fourth-order valence-corrected chi connectivity index (χ4v) is 7.64. The van der Waals surface area contributed by atoms with Crippen LogP contribution in [-0.4, -0.2) is 53.7 Å². The second-order valence-electron chi connectivity index (χ2n) is 8.65. The Morgan fingerprint density at radius 2 is 1.70 bits per heavy atom. The van der Waals surface area contributed by atoms with Gasteiger partial charge in [-0.05, 0) is 57.7 Å². The SMILES string of the molecule is Cn1nc(C(F)(F)F)cc1[C@H]1CC[C@H](N2CCC3(CC2)CS(=O)(=O)C3)CC1. The highest BCUT2D eigenvalue weighted by molar-refractivity contribution is 7.92. The molecule has 3 heterocycles. The monoisotopic (exact) mass is 405 g/mol. The quantitative estimate of drug-likeness (QED) is 0.759. The zero-order valence-electron chi connectivity index (χ0n) is 15.5. The van der Waals surface area contributed by atoms with Crippen molar-refractivity contribution in [1.29, 1.82) is 0 Å². The number of alkyl halides is 3. The Morgan fingerprint density at radius 1 is 1.11 bits per heavy atom. The second kappa shape index (κ2) is 6.47. The van der Waals surface area contributed by atoms with Crippen LogP contribution in [0, 0.1) is 5.41 Å². The molecule has 0 aromatic carbocycles. The lowest BCUT2D eigenvalue weighted by atomic mass is 9.78. The number of likely N-dealkylation sites (tertiary alicyclic amines) is 1. The number of sulfone groups is 1. The minimum absolute atomic E-state index is 0.0231. The normalized spacial score (nSPS) is 31.0. The summed E-state index contributed by atoms with van der Waals surface area (Å²) in [5, 5.41) is 3.64. The number of hydrogen-bond acceptors (Lipinski definition) is 4. The molecule has 0 unspecified atom stereocenters. The van der Waals surface area contributed by atoms with E-state index in [2.05, 4.69) is 10.00 Å². The van der Waals surface area contributed by atoms with Gasteiger partial charge in [-0.25, -0.2) is 8.42 Å². The Morgan fingerprint density at radius 3 is 2.19 bits per heavy atom. The van der Waals surface area contributed by atoms with E-state index < -0.39 is 21.7 Å². The van der Waals surface area contributed by atoms with Crippen LogP contribution < -0.4 is 0 Å². The van der Waals surface area contributed by atoms with Crippen LogP contribution >= 0.6 is 0 Å². The Bertz CT molecular complexity index is 788. The minimum atomic E-state index is -4.40. The molecule has 5 nitrogen and oxygen atoms in total. The van der Waals surface area contributed by atoms with Crippen molar-refractivity contribution in [2.75, 3.05) is 24.6 Å². The summed E-state index contributed by atoms with van der Waals surface area (Å²) in [5.74, 6) is 0.827. The van der Waals surface area contributed by atoms with Gasteiger partial charge in [0.25, 0.3) is 0 Å². The molecule has 0 bridgehead atoms. The summed E-state index contributed by atoms with van der Waals surface area (Å²) in [7, 11) is -1.20. The topological polar surface area (TPSA) is 55.2 Å². The molecule has 27 heavy (non-hydrogen) atoms. The summed E-state index contributed by atoms with van der Waals surface area (Å²) in [6.07, 6.45) is 1.19. The predicted octanol–water partition coefficient (Wildman–Crippen LogP) is 2.98. The largest absolute Gasteiger partial charge is 0.435 e. The van der Waals surface area contributed by atoms with Crippen LogP contribution in [0.4, 0.5) is 13.2 Å². The standard InChI is InChI=1S/C18H26F3N3O2S/c1-23-15(10-16(22-23)18(19,20)21)13-2-4-14(5-3-13)24-8-6-17(7-9-24)11-27(25,26)12-17/h10,13-14H,2-9,11-12H2,1H3/t13-,14-. The molecule has 152 valence electrons. The summed E-state index contributed by atoms with van der Waals surface area (Å²) in [6, 6.07) is 1.66. The molecule has 0 atom stereocenters. The molecule has 1 aliphatic carbocycles. The number of halogens is 3. The number of nitrogens with zero attached hydrogens (tertiary/aromatic N) is 3. The highest BCUT2D eigenvalue weighted by Crippen LogP contribution is 2.44. The van der Waals surface area contributed by atoms with Crippen molar-refractivity contribution in [3.63, 3.8) is 0 Å². The lowest BCUT2D eigenvalue weighted by Gasteiger charge is -2.49. The molecular weight excluding hydrogens is 379 g/mol. The molecule has 1 saturated carbocycles. The molecule has 1 aromatic heterocycles. The maximum Gasteiger partial charge on any atom is 0.435 e. The van der Waals surface area contributed by atoms with E-state index in [1.807, 2.05) is 0 Å². The van der Waals surface area contributed by atoms with Crippen LogP contribution in [0.5, 0.6) is 0 Å². The van der Waals surface area contributed by atoms with Gasteiger partial charge >= 0.3 is 6.18 Å². The fraction of sp³-hybridized carbons (Fsp3) is 0.833. The van der Waals surface area contributed by atoms with Gasteiger partial charge < -0.3 is 4.90 Å². The van der Waals surface area contributed by atoms with Crippen molar-refractivity contribution in [2.45, 2.75) is 56.7 Å². The number of hydrogen-bond donors (Lipinski definition) is 0. The van der Waals surface area contributed by atoms with Crippen molar-refractivity contribution < 1.29 is 21.6 Å². The maximum absolute atomic E-state index is 12.9. The molecule has 0 radical (unpaired) electrons. The minimum Gasteiger partial charge on any atom is -0.300 e. The number of aromatic nitrogens is 2. The molecule has 0 N–H and O–H groups in total. The molecule has 1 aromatic rings. The van der Waals surface area contributed by atoms with Crippen molar-refractivity contribution >= 4 is 9.84 Å². The molecule has 1 spiro atoms. The Kier molecular flexibility index (Phi) is 4.61. The van der Waals surface area contributed by atoms with Gasteiger partial charge in [-0.1, -0.05) is 0 Å². The molecule has 2 saturated heterocycles. The Labute approximate surface area is 157 Å². The predicted molar refractivity (Wildman–Crippen MR) is 95.1 cm³/mol. The number of aryl methyl sites for hydroxylation is 1.